The van der Waals surface area contributed by atoms with E-state index in [0.717, 1.165) is 36.1 Å². The molecule has 33 heavy (non-hydrogen) atoms. The van der Waals surface area contributed by atoms with Crippen molar-refractivity contribution in [3.05, 3.63) is 88.9 Å². The number of unbranched alkanes of at least 4 members (excludes halogenated alkanes) is 1. The molecule has 0 saturated heterocycles. The lowest BCUT2D eigenvalue weighted by Gasteiger charge is -2.43. The van der Waals surface area contributed by atoms with Crippen LogP contribution in [0.4, 0.5) is 0 Å². The molecular weight excluding hydrogens is 488 g/mol. The number of benzene rings is 3. The summed E-state index contributed by atoms with van der Waals surface area (Å²) in [5.74, 6) is 0.922. The van der Waals surface area contributed by atoms with E-state index in [-0.39, 0.29) is 11.1 Å². The van der Waals surface area contributed by atoms with Crippen molar-refractivity contribution in [2.75, 3.05) is 6.61 Å². The van der Waals surface area contributed by atoms with Gasteiger partial charge < -0.3 is 9.16 Å². The first kappa shape index (κ1) is 25.7. The lowest BCUT2D eigenvalue weighted by atomic mass is 10.2. The first-order chi connectivity index (χ1) is 15.7. The van der Waals surface area contributed by atoms with Gasteiger partial charge in [-0.05, 0) is 82.1 Å². The molecule has 0 bridgehead atoms. The van der Waals surface area contributed by atoms with Crippen molar-refractivity contribution in [1.82, 2.24) is 0 Å². The summed E-state index contributed by atoms with van der Waals surface area (Å²) in [4.78, 5) is 0. The first-order valence-electron chi connectivity index (χ1n) is 11.9. The zero-order valence-corrected chi connectivity index (χ0v) is 23.2. The molecule has 0 aromatic heterocycles. The van der Waals surface area contributed by atoms with Crippen molar-refractivity contribution in [1.29, 1.82) is 0 Å². The Hall–Kier alpha value is -1.88. The highest BCUT2D eigenvalue weighted by Crippen LogP contribution is 2.37. The fourth-order valence-electron chi connectivity index (χ4n) is 4.50. The smallest absolute Gasteiger partial charge is 0.261 e. The van der Waals surface area contributed by atoms with Gasteiger partial charge in [0.05, 0.1) is 10.6 Å². The van der Waals surface area contributed by atoms with E-state index in [0.29, 0.717) is 0 Å². The summed E-state index contributed by atoms with van der Waals surface area (Å²) < 4.78 is 14.2. The summed E-state index contributed by atoms with van der Waals surface area (Å²) >= 11 is 3.60. The molecule has 176 valence electrons. The monoisotopic (exact) mass is 524 g/mol. The molecule has 0 saturated carbocycles. The third-order valence-electron chi connectivity index (χ3n) is 6.16. The van der Waals surface area contributed by atoms with E-state index in [4.69, 9.17) is 9.16 Å². The van der Waals surface area contributed by atoms with Gasteiger partial charge in [-0.15, -0.1) is 0 Å². The maximum atomic E-state index is 6.99. The predicted molar refractivity (Wildman–Crippen MR) is 146 cm³/mol. The molecule has 3 aromatic carbocycles. The molecule has 0 aliphatic carbocycles. The van der Waals surface area contributed by atoms with Gasteiger partial charge in [0.25, 0.3) is 8.32 Å². The molecule has 4 heteroatoms. The normalized spacial score (nSPS) is 13.0. The summed E-state index contributed by atoms with van der Waals surface area (Å²) in [7, 11) is -2.44. The average molecular weight is 526 g/mol. The minimum Gasteiger partial charge on any atom is -0.490 e. The number of halogens is 1. The van der Waals surface area contributed by atoms with Crippen LogP contribution in [0.15, 0.2) is 83.3 Å². The van der Waals surface area contributed by atoms with E-state index in [1.54, 1.807) is 0 Å². The first-order valence-corrected chi connectivity index (χ1v) is 14.6. The molecule has 0 N–H and O–H groups in total. The number of hydrogen-bond donors (Lipinski definition) is 0. The van der Waals surface area contributed by atoms with E-state index in [2.05, 4.69) is 129 Å². The van der Waals surface area contributed by atoms with Crippen LogP contribution in [0.5, 0.6) is 5.75 Å². The molecule has 2 nitrogen and oxygen atoms in total. The molecule has 3 aromatic rings. The van der Waals surface area contributed by atoms with Gasteiger partial charge in [0.15, 0.2) is 0 Å². The molecule has 0 aliphatic heterocycles. The van der Waals surface area contributed by atoms with Crippen LogP contribution >= 0.6 is 15.9 Å². The van der Waals surface area contributed by atoms with Crippen LogP contribution in [0.3, 0.4) is 0 Å². The van der Waals surface area contributed by atoms with Crippen molar-refractivity contribution in [3.63, 3.8) is 0 Å². The molecule has 0 amide bonds. The average Bonchev–Trinajstić information content (AvgIpc) is 2.79. The molecule has 0 aliphatic rings. The van der Waals surface area contributed by atoms with Crippen LogP contribution in [-0.4, -0.2) is 21.0 Å². The van der Waals surface area contributed by atoms with Gasteiger partial charge in [-0.1, -0.05) is 87.5 Å². The molecule has 0 fully saturated rings. The molecule has 0 radical (unpaired) electrons. The second-order valence-corrected chi connectivity index (χ2v) is 15.0. The Morgan fingerprint density at radius 3 is 1.97 bits per heavy atom. The Morgan fingerprint density at radius 1 is 0.848 bits per heavy atom. The SMILES string of the molecule is Cc1ccc(Br)c(O[C@H](C)CCCCO[Si](c2ccccc2)(c2ccccc2)C(C)(C)C)c1. The van der Waals surface area contributed by atoms with Crippen LogP contribution in [0.2, 0.25) is 5.04 Å². The number of aryl methyl sites for hydroxylation is 1. The molecule has 0 spiro atoms. The fourth-order valence-corrected chi connectivity index (χ4v) is 9.44. The Morgan fingerprint density at radius 2 is 1.42 bits per heavy atom. The van der Waals surface area contributed by atoms with Crippen molar-refractivity contribution in [2.24, 2.45) is 0 Å². The minimum atomic E-state index is -2.44. The summed E-state index contributed by atoms with van der Waals surface area (Å²) in [6, 6.07) is 27.9. The Bertz CT molecular complexity index is 960. The third kappa shape index (κ3) is 6.37. The lowest BCUT2D eigenvalue weighted by Crippen LogP contribution is -2.66. The van der Waals surface area contributed by atoms with Crippen LogP contribution in [0, 0.1) is 6.92 Å². The van der Waals surface area contributed by atoms with Crippen LogP contribution < -0.4 is 15.1 Å². The quantitative estimate of drug-likeness (QED) is 0.205. The highest BCUT2D eigenvalue weighted by molar-refractivity contribution is 9.10. The minimum absolute atomic E-state index is 0.0174. The largest absolute Gasteiger partial charge is 0.490 e. The summed E-state index contributed by atoms with van der Waals surface area (Å²) in [6.45, 7) is 12.0. The predicted octanol–water partition coefficient (Wildman–Crippen LogP) is 7.27. The van der Waals surface area contributed by atoms with Crippen molar-refractivity contribution in [3.8, 4) is 5.75 Å². The Labute approximate surface area is 209 Å². The van der Waals surface area contributed by atoms with Gasteiger partial charge >= 0.3 is 0 Å². The number of hydrogen-bond acceptors (Lipinski definition) is 2. The van der Waals surface area contributed by atoms with E-state index in [9.17, 15) is 0 Å². The van der Waals surface area contributed by atoms with Crippen molar-refractivity contribution >= 4 is 34.6 Å². The standard InChI is InChI=1S/C29H37BrO2Si/c1-23-19-20-27(30)28(22-23)32-24(2)14-12-13-21-31-33(29(3,4)5,25-15-8-6-9-16-25)26-17-10-7-11-18-26/h6-11,15-20,22,24H,12-14,21H2,1-5H3/t24-/m1/s1. The lowest BCUT2D eigenvalue weighted by molar-refractivity contribution is 0.199. The molecule has 3 rings (SSSR count). The van der Waals surface area contributed by atoms with E-state index in [1.165, 1.54) is 15.9 Å². The van der Waals surface area contributed by atoms with Gasteiger partial charge in [-0.25, -0.2) is 0 Å². The second kappa shape index (κ2) is 11.5. The second-order valence-electron chi connectivity index (χ2n) is 9.87. The van der Waals surface area contributed by atoms with E-state index >= 15 is 0 Å². The van der Waals surface area contributed by atoms with Gasteiger partial charge in [-0.2, -0.15) is 0 Å². The topological polar surface area (TPSA) is 18.5 Å². The molecular formula is C29H37BrO2Si. The highest BCUT2D eigenvalue weighted by atomic mass is 79.9. The zero-order valence-electron chi connectivity index (χ0n) is 20.6. The van der Waals surface area contributed by atoms with Crippen LogP contribution in [0.1, 0.15) is 52.5 Å². The highest BCUT2D eigenvalue weighted by Gasteiger charge is 2.49. The number of rotatable bonds is 10. The molecule has 0 unspecified atom stereocenters. The van der Waals surface area contributed by atoms with Crippen LogP contribution in [0.25, 0.3) is 0 Å². The molecule has 1 atom stereocenters. The van der Waals surface area contributed by atoms with E-state index in [1.807, 2.05) is 0 Å². The van der Waals surface area contributed by atoms with Crippen molar-refractivity contribution in [2.45, 2.75) is 65.0 Å². The zero-order chi connectivity index (χ0) is 23.9. The van der Waals surface area contributed by atoms with Crippen LogP contribution in [-0.2, 0) is 4.43 Å². The van der Waals surface area contributed by atoms with Gasteiger partial charge in [0.1, 0.15) is 5.75 Å². The van der Waals surface area contributed by atoms with Gasteiger partial charge in [0.2, 0.25) is 0 Å². The van der Waals surface area contributed by atoms with Gasteiger partial charge in [-0.3, -0.25) is 0 Å². The Kier molecular flexibility index (Phi) is 8.97. The molecule has 0 heterocycles. The van der Waals surface area contributed by atoms with Gasteiger partial charge in [0, 0.05) is 6.61 Å². The number of ether oxygens (including phenoxy) is 1. The van der Waals surface area contributed by atoms with E-state index < -0.39 is 8.32 Å². The maximum Gasteiger partial charge on any atom is 0.261 e. The third-order valence-corrected chi connectivity index (χ3v) is 11.9. The van der Waals surface area contributed by atoms with Crippen molar-refractivity contribution < 1.29 is 9.16 Å². The summed E-state index contributed by atoms with van der Waals surface area (Å²) in [6.07, 6.45) is 3.26. The maximum absolute atomic E-state index is 6.99. The summed E-state index contributed by atoms with van der Waals surface area (Å²) in [5, 5.41) is 2.69. The fraction of sp³-hybridized carbons (Fsp3) is 0.379. The Balaban J connectivity index is 1.66. The summed E-state index contributed by atoms with van der Waals surface area (Å²) in [5.41, 5.74) is 1.21.